The van der Waals surface area contributed by atoms with Gasteiger partial charge in [0.25, 0.3) is 17.7 Å². The van der Waals surface area contributed by atoms with Crippen LogP contribution in [-0.4, -0.2) is 33.0 Å². The van der Waals surface area contributed by atoms with E-state index in [9.17, 15) is 29.7 Å². The number of carbonyl (C=O) groups excluding carboxylic acids is 3. The maximum Gasteiger partial charge on any atom is 2.00 e. The minimum Gasteiger partial charge on any atom is -0.822 e. The van der Waals surface area contributed by atoms with Gasteiger partial charge in [-0.2, -0.15) is 31.3 Å². The summed E-state index contributed by atoms with van der Waals surface area (Å²) in [5, 5.41) is 38.1. The fourth-order valence-corrected chi connectivity index (χ4v) is 8.70. The van der Waals surface area contributed by atoms with E-state index in [-0.39, 0.29) is 169 Å². The molecule has 0 heterocycles. The van der Waals surface area contributed by atoms with Gasteiger partial charge in [0.15, 0.2) is 0 Å². The molecule has 0 saturated carbocycles. The van der Waals surface area contributed by atoms with Crippen LogP contribution in [0.3, 0.4) is 0 Å². The Bertz CT molecular complexity index is 2810. The second-order valence-corrected chi connectivity index (χ2v) is 23.8. The molecule has 0 atom stereocenters. The molecular weight excluding hydrogens is 2100 g/mol. The second kappa shape index (κ2) is 47.5. The summed E-state index contributed by atoms with van der Waals surface area (Å²) in [6.45, 7) is 0. The summed E-state index contributed by atoms with van der Waals surface area (Å²) in [5.41, 5.74) is 2.56. The Morgan fingerprint density at radius 3 is 0.602 bits per heavy atom. The van der Waals surface area contributed by atoms with Crippen molar-refractivity contribution in [3.63, 3.8) is 0 Å². The fraction of sp³-hybridized carbons (Fsp3) is 0. The van der Waals surface area contributed by atoms with Crippen LogP contribution in [0.4, 0.5) is 17.1 Å². The van der Waals surface area contributed by atoms with E-state index in [1.165, 1.54) is 0 Å². The Kier molecular flexibility index (Phi) is 56.2. The first kappa shape index (κ1) is 98.2. The Morgan fingerprint density at radius 1 is 0.313 bits per heavy atom. The van der Waals surface area contributed by atoms with Crippen molar-refractivity contribution >= 4 is 209 Å². The molecule has 0 aliphatic heterocycles. The standard InChI is InChI=1S/3C13H8Br3NO2.4H3O4P.6Zn/c3*14-9-6-8(12(18)11(16)10(9)15)13(19)17-7-4-2-1-3-5-7;4*1-5(2,3)4;;;;;;/h3*1-6,18H,(H,17,19);4*(H3,1,2,3,4);;;;;;/q;;;;;;;6*+2/p-12. The number of halogens is 9. The van der Waals surface area contributed by atoms with E-state index in [0.29, 0.717) is 57.3 Å². The summed E-state index contributed by atoms with van der Waals surface area (Å²) in [4.78, 5) is 139. The van der Waals surface area contributed by atoms with Crippen molar-refractivity contribution in [3.05, 3.63) is 166 Å². The van der Waals surface area contributed by atoms with E-state index in [1.54, 1.807) is 54.6 Å². The molecule has 0 saturated heterocycles. The molecule has 0 aliphatic rings. The molecule has 0 bridgehead atoms. The molecule has 6 N–H and O–H groups in total. The van der Waals surface area contributed by atoms with E-state index >= 15 is 0 Å². The number of hydrogen-bond acceptors (Lipinski definition) is 22. The number of carbonyl (C=O) groups is 3. The predicted molar refractivity (Wildman–Crippen MR) is 287 cm³/mol. The van der Waals surface area contributed by atoms with Crippen molar-refractivity contribution in [2.45, 2.75) is 0 Å². The number of rotatable bonds is 6. The topological polar surface area (TPSA) is 493 Å². The number of anilines is 3. The average Bonchev–Trinajstić information content (AvgIpc) is 3.29. The normalized spacial score (nSPS) is 9.89. The van der Waals surface area contributed by atoms with Crippen molar-refractivity contribution in [2.24, 2.45) is 0 Å². The minimum absolute atomic E-state index is 0. The number of para-hydroxylation sites is 3. The molecule has 25 nitrogen and oxygen atoms in total. The van der Waals surface area contributed by atoms with E-state index in [4.69, 9.17) is 77.0 Å². The van der Waals surface area contributed by atoms with E-state index < -0.39 is 31.3 Å². The summed E-state index contributed by atoms with van der Waals surface area (Å²) in [6.07, 6.45) is 0. The summed E-state index contributed by atoms with van der Waals surface area (Å²) in [5.74, 6) is -1.46. The van der Waals surface area contributed by atoms with Gasteiger partial charge in [0, 0.05) is 43.9 Å². The van der Waals surface area contributed by atoms with E-state index in [2.05, 4.69) is 159 Å². The summed E-state index contributed by atoms with van der Waals surface area (Å²) < 4.78 is 39.5. The number of amides is 3. The monoisotopic (exact) mass is 2100 g/mol. The quantitative estimate of drug-likeness (QED) is 0.0789. The third-order valence-electron chi connectivity index (χ3n) is 7.24. The molecule has 6 rings (SSSR count). The van der Waals surface area contributed by atoms with Crippen LogP contribution in [0.1, 0.15) is 31.1 Å². The molecule has 44 heteroatoms. The van der Waals surface area contributed by atoms with Gasteiger partial charge in [-0.15, -0.1) is 0 Å². The van der Waals surface area contributed by atoms with E-state index in [0.717, 1.165) is 0 Å². The SMILES string of the molecule is O=C(Nc1ccccc1)c1cc(Br)c(Br)c(Br)c1O.O=C(Nc1ccccc1)c1cc(Br)c(Br)c(Br)c1O.O=C(Nc1ccccc1)c1cc(Br)c(Br)c(Br)c1O.O=P([O-])([O-])[O-].O=P([O-])([O-])[O-].O=P([O-])([O-])[O-].O=P([O-])([O-])[O-].[Zn+2].[Zn+2].[Zn+2].[Zn+2].[Zn+2].[Zn+2]. The van der Waals surface area contributed by atoms with Gasteiger partial charge in [-0.05, 0) is 198 Å². The molecule has 0 spiro atoms. The number of phenols is 3. The molecule has 0 radical (unpaired) electrons. The Hall–Kier alpha value is 1.63. The number of nitrogens with one attached hydrogen (secondary N) is 3. The van der Waals surface area contributed by atoms with Crippen LogP contribution in [-0.2, 0) is 135 Å². The summed E-state index contributed by atoms with van der Waals surface area (Å²) in [7, 11) is -21.6. The second-order valence-electron chi connectivity index (χ2n) is 12.9. The minimum atomic E-state index is -5.39. The number of hydrogen-bond donors (Lipinski definition) is 6. The van der Waals surface area contributed by atoms with Crippen LogP contribution in [0.25, 0.3) is 0 Å². The summed E-state index contributed by atoms with van der Waals surface area (Å²) in [6, 6.07) is 31.8. The van der Waals surface area contributed by atoms with Crippen LogP contribution in [0, 0.1) is 0 Å². The largest absolute Gasteiger partial charge is 2.00 e. The zero-order valence-electron chi connectivity index (χ0n) is 40.9. The van der Waals surface area contributed by atoms with Crippen LogP contribution in [0.2, 0.25) is 0 Å². The first-order chi connectivity index (χ1) is 35.0. The first-order valence-electron chi connectivity index (χ1n) is 18.6. The van der Waals surface area contributed by atoms with Gasteiger partial charge in [-0.3, -0.25) is 14.4 Å². The number of phosphoric acid groups is 4. The van der Waals surface area contributed by atoms with Crippen LogP contribution < -0.4 is 74.7 Å². The van der Waals surface area contributed by atoms with Crippen molar-refractivity contribution in [2.75, 3.05) is 16.0 Å². The van der Waals surface area contributed by atoms with Crippen molar-refractivity contribution in [1.82, 2.24) is 0 Å². The number of aromatic hydroxyl groups is 3. The first-order valence-corrected chi connectivity index (χ1v) is 31.6. The Balaban J connectivity index is -0.000000174. The van der Waals surface area contributed by atoms with Crippen molar-refractivity contribution < 1.29 is 224 Å². The van der Waals surface area contributed by atoms with Crippen molar-refractivity contribution in [3.8, 4) is 17.2 Å². The Labute approximate surface area is 623 Å². The summed E-state index contributed by atoms with van der Waals surface area (Å²) >= 11 is 29.5. The van der Waals surface area contributed by atoms with Gasteiger partial charge in [0.2, 0.25) is 0 Å². The van der Waals surface area contributed by atoms with Gasteiger partial charge in [0.1, 0.15) is 17.2 Å². The molecule has 422 valence electrons. The maximum absolute atomic E-state index is 12.1. The van der Waals surface area contributed by atoms with Crippen molar-refractivity contribution in [1.29, 1.82) is 0 Å². The van der Waals surface area contributed by atoms with Gasteiger partial charge in [0.05, 0.1) is 30.1 Å². The van der Waals surface area contributed by atoms with Gasteiger partial charge < -0.3 is 108 Å². The molecule has 83 heavy (non-hydrogen) atoms. The molecule has 0 aromatic heterocycles. The van der Waals surface area contributed by atoms with Crippen LogP contribution in [0.15, 0.2) is 149 Å². The third-order valence-corrected chi connectivity index (χ3v) is 17.1. The van der Waals surface area contributed by atoms with Gasteiger partial charge in [-0.1, -0.05) is 54.6 Å². The smallest absolute Gasteiger partial charge is 0.822 e. The zero-order valence-corrected chi connectivity index (χ0v) is 76.6. The van der Waals surface area contributed by atoms with Crippen LogP contribution in [0.5, 0.6) is 17.2 Å². The molecule has 0 aliphatic carbocycles. The Morgan fingerprint density at radius 2 is 0.458 bits per heavy atom. The maximum atomic E-state index is 12.1. The third kappa shape index (κ3) is 46.4. The van der Waals surface area contributed by atoms with Gasteiger partial charge in [-0.25, -0.2) is 0 Å². The molecule has 6 aromatic rings. The molecule has 3 amide bonds. The van der Waals surface area contributed by atoms with Gasteiger partial charge >= 0.3 is 117 Å². The van der Waals surface area contributed by atoms with Crippen LogP contribution >= 0.6 is 175 Å². The molecular formula is C39H24Br9N3O22P4Zn6. The molecule has 0 fully saturated rings. The predicted octanol–water partition coefficient (Wildman–Crippen LogP) is 3.48. The number of phenolic OH excluding ortho intramolecular Hbond substituents is 3. The van der Waals surface area contributed by atoms with E-state index in [1.807, 2.05) is 54.6 Å². The molecule has 0 unspecified atom stereocenters. The average molecular weight is 2120 g/mol. The fourth-order valence-electron chi connectivity index (χ4n) is 4.44. The number of benzene rings is 6. The molecule has 6 aromatic carbocycles. The zero-order chi connectivity index (χ0) is 60.0.